The Bertz CT molecular complexity index is 213. The molecule has 1 aliphatic rings. The normalized spacial score (nSPS) is 28.2. The van der Waals surface area contributed by atoms with E-state index in [4.69, 9.17) is 5.11 Å². The van der Waals surface area contributed by atoms with Gasteiger partial charge < -0.3 is 10.4 Å². The van der Waals surface area contributed by atoms with Crippen molar-refractivity contribution in [3.63, 3.8) is 0 Å². The Kier molecular flexibility index (Phi) is 3.28. The third-order valence-corrected chi connectivity index (χ3v) is 2.64. The summed E-state index contributed by atoms with van der Waals surface area (Å²) >= 11 is 0. The van der Waals surface area contributed by atoms with Crippen LogP contribution in [0.5, 0.6) is 0 Å². The quantitative estimate of drug-likeness (QED) is 0.677. The number of piperidine rings is 1. The monoisotopic (exact) mass is 185 g/mol. The van der Waals surface area contributed by atoms with Gasteiger partial charge in [0.1, 0.15) is 0 Å². The Morgan fingerprint density at radius 2 is 2.31 bits per heavy atom. The summed E-state index contributed by atoms with van der Waals surface area (Å²) in [5.41, 5.74) is 0. The SMILES string of the molecule is CC[C@H]1CNC(=O)C[C@@H]1CC(=O)O. The van der Waals surface area contributed by atoms with Gasteiger partial charge in [-0.2, -0.15) is 0 Å². The van der Waals surface area contributed by atoms with Crippen molar-refractivity contribution in [1.82, 2.24) is 5.32 Å². The van der Waals surface area contributed by atoms with Crippen LogP contribution >= 0.6 is 0 Å². The summed E-state index contributed by atoms with van der Waals surface area (Å²) in [6.45, 7) is 2.66. The van der Waals surface area contributed by atoms with Gasteiger partial charge in [-0.25, -0.2) is 0 Å². The Morgan fingerprint density at radius 1 is 1.62 bits per heavy atom. The molecule has 1 saturated heterocycles. The van der Waals surface area contributed by atoms with Crippen molar-refractivity contribution in [3.8, 4) is 0 Å². The van der Waals surface area contributed by atoms with Crippen molar-refractivity contribution in [2.75, 3.05) is 6.54 Å². The third kappa shape index (κ3) is 2.72. The van der Waals surface area contributed by atoms with Crippen LogP contribution in [-0.4, -0.2) is 23.5 Å². The molecule has 4 heteroatoms. The van der Waals surface area contributed by atoms with E-state index in [1.807, 2.05) is 6.92 Å². The molecule has 2 atom stereocenters. The molecule has 0 bridgehead atoms. The Labute approximate surface area is 77.3 Å². The number of aliphatic carboxylic acids is 1. The Hall–Kier alpha value is -1.06. The van der Waals surface area contributed by atoms with E-state index in [-0.39, 0.29) is 18.2 Å². The summed E-state index contributed by atoms with van der Waals surface area (Å²) in [4.78, 5) is 21.5. The fourth-order valence-electron chi connectivity index (χ4n) is 1.83. The molecular weight excluding hydrogens is 170 g/mol. The van der Waals surface area contributed by atoms with Crippen LogP contribution in [0.2, 0.25) is 0 Å². The largest absolute Gasteiger partial charge is 0.481 e. The number of hydrogen-bond donors (Lipinski definition) is 2. The standard InChI is InChI=1S/C9H15NO3/c1-2-6-5-10-8(11)3-7(6)4-9(12)13/h6-7H,2-5H2,1H3,(H,10,11)(H,12,13)/t6-,7+/m0/s1. The van der Waals surface area contributed by atoms with Gasteiger partial charge in [-0.1, -0.05) is 13.3 Å². The zero-order valence-electron chi connectivity index (χ0n) is 7.75. The molecule has 0 aromatic carbocycles. The lowest BCUT2D eigenvalue weighted by Gasteiger charge is -2.29. The average Bonchev–Trinajstić information content (AvgIpc) is 2.03. The fourth-order valence-corrected chi connectivity index (χ4v) is 1.83. The molecule has 1 rings (SSSR count). The Balaban J connectivity index is 2.54. The lowest BCUT2D eigenvalue weighted by atomic mass is 9.82. The zero-order chi connectivity index (χ0) is 9.84. The summed E-state index contributed by atoms with van der Waals surface area (Å²) in [5.74, 6) is -0.473. The molecule has 13 heavy (non-hydrogen) atoms. The van der Waals surface area contributed by atoms with Crippen LogP contribution in [-0.2, 0) is 9.59 Å². The molecule has 2 N–H and O–H groups in total. The molecule has 0 aliphatic carbocycles. The predicted molar refractivity (Wildman–Crippen MR) is 47.2 cm³/mol. The minimum absolute atomic E-state index is 0.0176. The van der Waals surface area contributed by atoms with E-state index in [0.29, 0.717) is 18.9 Å². The maximum Gasteiger partial charge on any atom is 0.303 e. The highest BCUT2D eigenvalue weighted by molar-refractivity contribution is 5.78. The third-order valence-electron chi connectivity index (χ3n) is 2.64. The topological polar surface area (TPSA) is 66.4 Å². The number of carbonyl (C=O) groups excluding carboxylic acids is 1. The number of hydrogen-bond acceptors (Lipinski definition) is 2. The van der Waals surface area contributed by atoms with Gasteiger partial charge in [-0.05, 0) is 11.8 Å². The van der Waals surface area contributed by atoms with Gasteiger partial charge in [0.05, 0.1) is 0 Å². The molecule has 1 aliphatic heterocycles. The predicted octanol–water partition coefficient (Wildman–Crippen LogP) is 0.623. The number of carboxylic acids is 1. The average molecular weight is 185 g/mol. The lowest BCUT2D eigenvalue weighted by Crippen LogP contribution is -2.41. The molecular formula is C9H15NO3. The summed E-state index contributed by atoms with van der Waals surface area (Å²) < 4.78 is 0. The van der Waals surface area contributed by atoms with E-state index in [2.05, 4.69) is 5.32 Å². The van der Waals surface area contributed by atoms with Crippen LogP contribution in [0.15, 0.2) is 0 Å². The first-order valence-electron chi connectivity index (χ1n) is 4.62. The van der Waals surface area contributed by atoms with Crippen LogP contribution in [0.25, 0.3) is 0 Å². The first kappa shape index (κ1) is 10.0. The summed E-state index contributed by atoms with van der Waals surface area (Å²) in [6.07, 6.45) is 1.41. The van der Waals surface area contributed by atoms with Crippen LogP contribution in [0.4, 0.5) is 0 Å². The van der Waals surface area contributed by atoms with Crippen molar-refractivity contribution >= 4 is 11.9 Å². The van der Waals surface area contributed by atoms with Crippen LogP contribution in [0.1, 0.15) is 26.2 Å². The first-order valence-corrected chi connectivity index (χ1v) is 4.62. The number of rotatable bonds is 3. The summed E-state index contributed by atoms with van der Waals surface area (Å²) in [6, 6.07) is 0. The second kappa shape index (κ2) is 4.25. The zero-order valence-corrected chi connectivity index (χ0v) is 7.75. The maximum atomic E-state index is 11.0. The number of nitrogens with one attached hydrogen (secondary N) is 1. The summed E-state index contributed by atoms with van der Waals surface area (Å²) in [5, 5.41) is 11.4. The smallest absolute Gasteiger partial charge is 0.303 e. The van der Waals surface area contributed by atoms with Crippen molar-refractivity contribution in [2.45, 2.75) is 26.2 Å². The van der Waals surface area contributed by atoms with Crippen LogP contribution < -0.4 is 5.32 Å². The molecule has 0 spiro atoms. The van der Waals surface area contributed by atoms with Gasteiger partial charge in [0.25, 0.3) is 0 Å². The van der Waals surface area contributed by atoms with Crippen LogP contribution in [0.3, 0.4) is 0 Å². The second-order valence-electron chi connectivity index (χ2n) is 3.53. The van der Waals surface area contributed by atoms with E-state index < -0.39 is 5.97 Å². The minimum Gasteiger partial charge on any atom is -0.481 e. The molecule has 1 fully saturated rings. The Morgan fingerprint density at radius 3 is 2.85 bits per heavy atom. The minimum atomic E-state index is -0.807. The molecule has 74 valence electrons. The van der Waals surface area contributed by atoms with Gasteiger partial charge in [-0.3, -0.25) is 9.59 Å². The van der Waals surface area contributed by atoms with Gasteiger partial charge >= 0.3 is 5.97 Å². The number of carbonyl (C=O) groups is 2. The van der Waals surface area contributed by atoms with Crippen molar-refractivity contribution in [2.24, 2.45) is 11.8 Å². The first-order chi connectivity index (χ1) is 6.13. The van der Waals surface area contributed by atoms with E-state index in [1.54, 1.807) is 0 Å². The molecule has 0 aromatic rings. The van der Waals surface area contributed by atoms with Crippen molar-refractivity contribution in [3.05, 3.63) is 0 Å². The highest BCUT2D eigenvalue weighted by Crippen LogP contribution is 2.25. The van der Waals surface area contributed by atoms with Crippen molar-refractivity contribution in [1.29, 1.82) is 0 Å². The maximum absolute atomic E-state index is 11.0. The molecule has 0 aromatic heterocycles. The van der Waals surface area contributed by atoms with E-state index >= 15 is 0 Å². The molecule has 0 unspecified atom stereocenters. The lowest BCUT2D eigenvalue weighted by molar-refractivity contribution is -0.139. The van der Waals surface area contributed by atoms with Gasteiger partial charge in [-0.15, -0.1) is 0 Å². The van der Waals surface area contributed by atoms with Crippen molar-refractivity contribution < 1.29 is 14.7 Å². The van der Waals surface area contributed by atoms with Gasteiger partial charge in [0, 0.05) is 19.4 Å². The molecule has 1 amide bonds. The van der Waals surface area contributed by atoms with Gasteiger partial charge in [0.2, 0.25) is 5.91 Å². The fraction of sp³-hybridized carbons (Fsp3) is 0.778. The second-order valence-corrected chi connectivity index (χ2v) is 3.53. The molecule has 1 heterocycles. The summed E-state index contributed by atoms with van der Waals surface area (Å²) in [7, 11) is 0. The molecule has 4 nitrogen and oxygen atoms in total. The van der Waals surface area contributed by atoms with Crippen LogP contribution in [0, 0.1) is 11.8 Å². The highest BCUT2D eigenvalue weighted by Gasteiger charge is 2.29. The molecule has 0 radical (unpaired) electrons. The van der Waals surface area contributed by atoms with E-state index in [1.165, 1.54) is 0 Å². The van der Waals surface area contributed by atoms with E-state index in [9.17, 15) is 9.59 Å². The molecule has 0 saturated carbocycles. The highest BCUT2D eigenvalue weighted by atomic mass is 16.4. The number of amides is 1. The van der Waals surface area contributed by atoms with Gasteiger partial charge in [0.15, 0.2) is 0 Å². The number of carboxylic acid groups (broad SMARTS) is 1. The van der Waals surface area contributed by atoms with E-state index in [0.717, 1.165) is 6.42 Å².